The SMILES string of the molecule is NC1(C(=O)N2CCCCO2)CCCC1. The summed E-state index contributed by atoms with van der Waals surface area (Å²) in [4.78, 5) is 17.3. The van der Waals surface area contributed by atoms with Gasteiger partial charge in [-0.05, 0) is 25.7 Å². The number of hydrogen-bond donors (Lipinski definition) is 1. The Morgan fingerprint density at radius 3 is 2.50 bits per heavy atom. The quantitative estimate of drug-likeness (QED) is 0.678. The van der Waals surface area contributed by atoms with E-state index in [-0.39, 0.29) is 5.91 Å². The second-order valence-corrected chi connectivity index (χ2v) is 4.31. The molecule has 14 heavy (non-hydrogen) atoms. The Bertz CT molecular complexity index is 218. The van der Waals surface area contributed by atoms with Gasteiger partial charge in [-0.3, -0.25) is 9.63 Å². The van der Waals surface area contributed by atoms with E-state index in [2.05, 4.69) is 0 Å². The Kier molecular flexibility index (Phi) is 2.74. The lowest BCUT2D eigenvalue weighted by Crippen LogP contribution is -2.54. The summed E-state index contributed by atoms with van der Waals surface area (Å²) in [5.74, 6) is -0.00491. The maximum Gasteiger partial charge on any atom is 0.266 e. The van der Waals surface area contributed by atoms with E-state index in [9.17, 15) is 4.79 Å². The lowest BCUT2D eigenvalue weighted by Gasteiger charge is -2.32. The Labute approximate surface area is 84.3 Å². The molecule has 0 bridgehead atoms. The summed E-state index contributed by atoms with van der Waals surface area (Å²) in [6.45, 7) is 1.36. The van der Waals surface area contributed by atoms with E-state index in [1.807, 2.05) is 0 Å². The van der Waals surface area contributed by atoms with E-state index in [4.69, 9.17) is 10.6 Å². The van der Waals surface area contributed by atoms with Crippen molar-refractivity contribution in [2.75, 3.05) is 13.2 Å². The standard InChI is InChI=1S/C10H18N2O2/c11-10(5-1-2-6-10)9(13)12-7-3-4-8-14-12/h1-8,11H2. The summed E-state index contributed by atoms with van der Waals surface area (Å²) in [6, 6.07) is 0. The van der Waals surface area contributed by atoms with Gasteiger partial charge in [-0.2, -0.15) is 0 Å². The molecule has 2 rings (SSSR count). The zero-order valence-corrected chi connectivity index (χ0v) is 8.50. The second-order valence-electron chi connectivity index (χ2n) is 4.31. The smallest absolute Gasteiger partial charge is 0.266 e. The zero-order valence-electron chi connectivity index (χ0n) is 8.50. The first-order valence-electron chi connectivity index (χ1n) is 5.46. The van der Waals surface area contributed by atoms with E-state index in [1.54, 1.807) is 0 Å². The molecule has 0 unspecified atom stereocenters. The molecule has 1 aliphatic carbocycles. The van der Waals surface area contributed by atoms with Gasteiger partial charge in [-0.25, -0.2) is 5.06 Å². The maximum absolute atomic E-state index is 12.0. The van der Waals surface area contributed by atoms with Gasteiger partial charge in [0.2, 0.25) is 0 Å². The third-order valence-corrected chi connectivity index (χ3v) is 3.15. The van der Waals surface area contributed by atoms with Crippen LogP contribution in [0.3, 0.4) is 0 Å². The number of rotatable bonds is 1. The topological polar surface area (TPSA) is 55.6 Å². The average molecular weight is 198 g/mol. The lowest BCUT2D eigenvalue weighted by atomic mass is 9.98. The molecule has 0 atom stereocenters. The first kappa shape index (κ1) is 9.93. The Morgan fingerprint density at radius 2 is 1.93 bits per heavy atom. The molecule has 1 heterocycles. The fourth-order valence-corrected chi connectivity index (χ4v) is 2.23. The van der Waals surface area contributed by atoms with Crippen molar-refractivity contribution in [3.63, 3.8) is 0 Å². The summed E-state index contributed by atoms with van der Waals surface area (Å²) >= 11 is 0. The Hall–Kier alpha value is -0.610. The molecule has 0 radical (unpaired) electrons. The van der Waals surface area contributed by atoms with Crippen LogP contribution < -0.4 is 5.73 Å². The number of amides is 1. The molecule has 1 saturated carbocycles. The van der Waals surface area contributed by atoms with E-state index < -0.39 is 5.54 Å². The van der Waals surface area contributed by atoms with Crippen LogP contribution in [-0.2, 0) is 9.63 Å². The van der Waals surface area contributed by atoms with Crippen LogP contribution >= 0.6 is 0 Å². The van der Waals surface area contributed by atoms with Gasteiger partial charge < -0.3 is 5.73 Å². The third kappa shape index (κ3) is 1.77. The van der Waals surface area contributed by atoms with E-state index in [0.29, 0.717) is 13.2 Å². The van der Waals surface area contributed by atoms with Crippen molar-refractivity contribution in [1.82, 2.24) is 5.06 Å². The summed E-state index contributed by atoms with van der Waals surface area (Å²) in [5.41, 5.74) is 5.43. The molecular weight excluding hydrogens is 180 g/mol. The molecule has 2 aliphatic rings. The molecule has 4 heteroatoms. The fourth-order valence-electron chi connectivity index (χ4n) is 2.23. The predicted octanol–water partition coefficient (Wildman–Crippen LogP) is 0.812. The Morgan fingerprint density at radius 1 is 1.21 bits per heavy atom. The van der Waals surface area contributed by atoms with Gasteiger partial charge in [0.1, 0.15) is 0 Å². The van der Waals surface area contributed by atoms with Crippen molar-refractivity contribution in [3.8, 4) is 0 Å². The summed E-state index contributed by atoms with van der Waals surface area (Å²) in [5, 5.41) is 1.48. The van der Waals surface area contributed by atoms with Crippen molar-refractivity contribution in [1.29, 1.82) is 0 Å². The predicted molar refractivity (Wildman–Crippen MR) is 52.3 cm³/mol. The van der Waals surface area contributed by atoms with Gasteiger partial charge in [0.05, 0.1) is 12.1 Å². The van der Waals surface area contributed by atoms with E-state index in [1.165, 1.54) is 5.06 Å². The molecule has 0 aromatic carbocycles. The van der Waals surface area contributed by atoms with Crippen LogP contribution in [0.1, 0.15) is 38.5 Å². The molecule has 0 aromatic heterocycles. The number of hydroxylamine groups is 2. The first-order valence-corrected chi connectivity index (χ1v) is 5.46. The number of carbonyl (C=O) groups excluding carboxylic acids is 1. The van der Waals surface area contributed by atoms with Crippen LogP contribution in [0.15, 0.2) is 0 Å². The van der Waals surface area contributed by atoms with Gasteiger partial charge in [-0.15, -0.1) is 0 Å². The monoisotopic (exact) mass is 198 g/mol. The van der Waals surface area contributed by atoms with Crippen LogP contribution in [0.2, 0.25) is 0 Å². The van der Waals surface area contributed by atoms with Crippen LogP contribution in [0, 0.1) is 0 Å². The van der Waals surface area contributed by atoms with Gasteiger partial charge >= 0.3 is 0 Å². The first-order chi connectivity index (χ1) is 6.72. The number of nitrogens with two attached hydrogens (primary N) is 1. The number of carbonyl (C=O) groups is 1. The molecule has 1 amide bonds. The Balaban J connectivity index is 1.98. The van der Waals surface area contributed by atoms with Gasteiger partial charge in [0, 0.05) is 6.54 Å². The van der Waals surface area contributed by atoms with E-state index in [0.717, 1.165) is 38.5 Å². The van der Waals surface area contributed by atoms with Crippen LogP contribution in [0.4, 0.5) is 0 Å². The van der Waals surface area contributed by atoms with Gasteiger partial charge in [0.15, 0.2) is 0 Å². The van der Waals surface area contributed by atoms with Crippen LogP contribution in [0.5, 0.6) is 0 Å². The van der Waals surface area contributed by atoms with Gasteiger partial charge in [-0.1, -0.05) is 12.8 Å². The van der Waals surface area contributed by atoms with Crippen molar-refractivity contribution in [2.45, 2.75) is 44.1 Å². The summed E-state index contributed by atoms with van der Waals surface area (Å²) < 4.78 is 0. The fraction of sp³-hybridized carbons (Fsp3) is 0.900. The minimum Gasteiger partial charge on any atom is -0.317 e. The molecule has 2 fully saturated rings. The largest absolute Gasteiger partial charge is 0.317 e. The normalized spacial score (nSPS) is 26.5. The minimum absolute atomic E-state index is 0.00491. The highest BCUT2D eigenvalue weighted by atomic mass is 16.7. The molecule has 80 valence electrons. The summed E-state index contributed by atoms with van der Waals surface area (Å²) in [6.07, 6.45) is 5.83. The highest BCUT2D eigenvalue weighted by molar-refractivity contribution is 5.85. The van der Waals surface area contributed by atoms with Gasteiger partial charge in [0.25, 0.3) is 5.91 Å². The number of hydrogen-bond acceptors (Lipinski definition) is 3. The molecule has 0 spiro atoms. The van der Waals surface area contributed by atoms with Crippen molar-refractivity contribution in [2.24, 2.45) is 5.73 Å². The number of nitrogens with zero attached hydrogens (tertiary/aromatic N) is 1. The van der Waals surface area contributed by atoms with Crippen molar-refractivity contribution in [3.05, 3.63) is 0 Å². The molecule has 2 N–H and O–H groups in total. The lowest BCUT2D eigenvalue weighted by molar-refractivity contribution is -0.202. The second kappa shape index (κ2) is 3.87. The van der Waals surface area contributed by atoms with Crippen LogP contribution in [-0.4, -0.2) is 29.7 Å². The summed E-state index contributed by atoms with van der Waals surface area (Å²) in [7, 11) is 0. The molecule has 1 saturated heterocycles. The molecule has 1 aliphatic heterocycles. The average Bonchev–Trinajstić information content (AvgIpc) is 2.67. The molecular formula is C10H18N2O2. The van der Waals surface area contributed by atoms with Crippen molar-refractivity contribution < 1.29 is 9.63 Å². The maximum atomic E-state index is 12.0. The molecule has 0 aromatic rings. The van der Waals surface area contributed by atoms with Crippen LogP contribution in [0.25, 0.3) is 0 Å². The third-order valence-electron chi connectivity index (χ3n) is 3.15. The highest BCUT2D eigenvalue weighted by Gasteiger charge is 2.40. The van der Waals surface area contributed by atoms with E-state index >= 15 is 0 Å². The minimum atomic E-state index is -0.628. The zero-order chi connectivity index (χ0) is 10.0. The van der Waals surface area contributed by atoms with Crippen molar-refractivity contribution >= 4 is 5.91 Å². The molecule has 4 nitrogen and oxygen atoms in total. The highest BCUT2D eigenvalue weighted by Crippen LogP contribution is 2.29.